The lowest BCUT2D eigenvalue weighted by Crippen LogP contribution is -2.46. The van der Waals surface area contributed by atoms with Gasteiger partial charge in [-0.25, -0.2) is 0 Å². The summed E-state index contributed by atoms with van der Waals surface area (Å²) >= 11 is 0. The molecule has 37 heavy (non-hydrogen) atoms. The zero-order valence-corrected chi connectivity index (χ0v) is 24.6. The van der Waals surface area contributed by atoms with Crippen molar-refractivity contribution in [2.24, 2.45) is 40.7 Å². The van der Waals surface area contributed by atoms with E-state index in [1.165, 1.54) is 45.1 Å². The largest absolute Gasteiger partial charge is 0.402 e. The minimum absolute atomic E-state index is 0. The number of hydrogen-bond acceptors (Lipinski definition) is 4. The van der Waals surface area contributed by atoms with Crippen LogP contribution in [0.2, 0.25) is 0 Å². The number of fused-ring (bicyclic) bond motifs is 6. The Labute approximate surface area is 229 Å². The van der Waals surface area contributed by atoms with Gasteiger partial charge in [0.2, 0.25) is 0 Å². The number of hydrogen-bond donors (Lipinski definition) is 2. The lowest BCUT2D eigenvalue weighted by molar-refractivity contribution is -0.0624. The average Bonchev–Trinajstić information content (AvgIpc) is 3.48. The summed E-state index contributed by atoms with van der Waals surface area (Å²) in [7, 11) is 0. The number of allylic oxidation sites excluding steroid dienone is 3. The molecule has 8 unspecified atom stereocenters. The first-order valence-electron chi connectivity index (χ1n) is 15.4. The van der Waals surface area contributed by atoms with E-state index in [0.717, 1.165) is 54.2 Å². The molecule has 0 aromatic rings. The standard InChI is InChI=1S/C28H43N3O.2C2H6.CH4/c1-16-9-26-31(15-16)18(3)28(32-26)8-7-21-22-6-5-20-10-25(30)19(14-29)13-27(20,4)24(22)11-23(21)17(2)12-28;2*1-2;/h14,16,18,20-22,24,26,29H,5-13,15,30H2,1-4H3;2*1-2H3;1H4/t16?,18-,20?,21?,22?,24?,26?,27?,28?;;;/m0.../s1. The molecular weight excluding hydrogens is 454 g/mol. The maximum absolute atomic E-state index is 7.92. The molecule has 0 radical (unpaired) electrons. The third kappa shape index (κ3) is 4.77. The Kier molecular flexibility index (Phi) is 9.49. The maximum Gasteiger partial charge on any atom is 0.112 e. The molecule has 0 bridgehead atoms. The van der Waals surface area contributed by atoms with E-state index in [0.29, 0.717) is 23.6 Å². The van der Waals surface area contributed by atoms with Crippen molar-refractivity contribution in [2.75, 3.05) is 6.54 Å². The van der Waals surface area contributed by atoms with Crippen LogP contribution >= 0.6 is 0 Å². The van der Waals surface area contributed by atoms with Gasteiger partial charge in [-0.2, -0.15) is 0 Å². The predicted molar refractivity (Wildman–Crippen MR) is 159 cm³/mol. The summed E-state index contributed by atoms with van der Waals surface area (Å²) in [5.41, 5.74) is 12.3. The third-order valence-electron chi connectivity index (χ3n) is 11.3. The van der Waals surface area contributed by atoms with E-state index in [4.69, 9.17) is 15.9 Å². The van der Waals surface area contributed by atoms with E-state index >= 15 is 0 Å². The van der Waals surface area contributed by atoms with Crippen LogP contribution < -0.4 is 5.73 Å². The molecule has 1 spiro atoms. The summed E-state index contributed by atoms with van der Waals surface area (Å²) < 4.78 is 6.94. The van der Waals surface area contributed by atoms with Gasteiger partial charge in [-0.05, 0) is 112 Å². The van der Waals surface area contributed by atoms with E-state index in [1.54, 1.807) is 17.4 Å². The zero-order valence-electron chi connectivity index (χ0n) is 24.6. The van der Waals surface area contributed by atoms with Gasteiger partial charge in [-0.3, -0.25) is 4.90 Å². The molecule has 2 saturated carbocycles. The first kappa shape index (κ1) is 30.4. The van der Waals surface area contributed by atoms with Gasteiger partial charge in [0.25, 0.3) is 0 Å². The lowest BCUT2D eigenvalue weighted by atomic mass is 9.52. The number of nitrogens with one attached hydrogen (secondary N) is 1. The minimum atomic E-state index is 0. The second-order valence-electron chi connectivity index (χ2n) is 12.8. The van der Waals surface area contributed by atoms with Gasteiger partial charge in [0, 0.05) is 24.5 Å². The fraction of sp³-hybridized carbons (Fsp3) is 0.848. The van der Waals surface area contributed by atoms with Gasteiger partial charge in [0.05, 0.1) is 5.60 Å². The van der Waals surface area contributed by atoms with Crippen LogP contribution in [0.25, 0.3) is 0 Å². The molecule has 2 heterocycles. The zero-order chi connectivity index (χ0) is 26.4. The molecule has 0 aromatic carbocycles. The molecule has 9 atom stereocenters. The van der Waals surface area contributed by atoms with Crippen LogP contribution in [0.4, 0.5) is 0 Å². The quantitative estimate of drug-likeness (QED) is 0.274. The Morgan fingerprint density at radius 1 is 1.05 bits per heavy atom. The first-order chi connectivity index (χ1) is 17.3. The second-order valence-corrected chi connectivity index (χ2v) is 12.8. The Morgan fingerprint density at radius 2 is 1.76 bits per heavy atom. The summed E-state index contributed by atoms with van der Waals surface area (Å²) in [6.07, 6.45) is 12.8. The molecule has 3 N–H and O–H groups in total. The van der Waals surface area contributed by atoms with Crippen molar-refractivity contribution < 1.29 is 4.74 Å². The topological polar surface area (TPSA) is 62.3 Å². The van der Waals surface area contributed by atoms with Crippen molar-refractivity contribution >= 4 is 6.21 Å². The van der Waals surface area contributed by atoms with Gasteiger partial charge in [-0.15, -0.1) is 0 Å². The maximum atomic E-state index is 7.92. The first-order valence-corrected chi connectivity index (χ1v) is 15.4. The molecule has 2 aliphatic heterocycles. The second kappa shape index (κ2) is 11.5. The van der Waals surface area contributed by atoms with Crippen LogP contribution in [0, 0.1) is 40.4 Å². The number of ether oxygens (including phenoxy) is 1. The summed E-state index contributed by atoms with van der Waals surface area (Å²) in [4.78, 5) is 2.68. The molecule has 4 nitrogen and oxygen atoms in total. The van der Waals surface area contributed by atoms with Gasteiger partial charge < -0.3 is 15.9 Å². The lowest BCUT2D eigenvalue weighted by Gasteiger charge is -2.52. The summed E-state index contributed by atoms with van der Waals surface area (Å²) in [6, 6.07) is 0.539. The van der Waals surface area contributed by atoms with Gasteiger partial charge in [0.15, 0.2) is 0 Å². The Balaban J connectivity index is 0.000000727. The third-order valence-corrected chi connectivity index (χ3v) is 11.3. The fourth-order valence-electron chi connectivity index (χ4n) is 9.52. The monoisotopic (exact) mass is 513 g/mol. The van der Waals surface area contributed by atoms with Crippen LogP contribution in [0.5, 0.6) is 0 Å². The highest BCUT2D eigenvalue weighted by atomic mass is 16.5. The highest BCUT2D eigenvalue weighted by Gasteiger charge is 2.59. The minimum Gasteiger partial charge on any atom is -0.402 e. The number of nitrogens with zero attached hydrogens (tertiary/aromatic N) is 1. The molecule has 4 aliphatic carbocycles. The number of nitrogens with two attached hydrogens (primary N) is 1. The smallest absolute Gasteiger partial charge is 0.112 e. The summed E-state index contributed by atoms with van der Waals surface area (Å²) in [5.74, 6) is 3.81. The van der Waals surface area contributed by atoms with Crippen LogP contribution in [0.1, 0.15) is 121 Å². The SMILES string of the molecule is C.CC.CC.CC1=C2CC3C(CCC4CC(N)=C(C=N)CC43C)C2CCC2(C1)OC1CC(C)CN1[C@H]2C. The van der Waals surface area contributed by atoms with Crippen molar-refractivity contribution in [3.63, 3.8) is 0 Å². The molecule has 0 aromatic heterocycles. The van der Waals surface area contributed by atoms with Crippen molar-refractivity contribution in [3.8, 4) is 0 Å². The van der Waals surface area contributed by atoms with Crippen molar-refractivity contribution in [1.82, 2.24) is 4.90 Å². The molecular formula is C33H59N3O. The number of rotatable bonds is 1. The molecule has 6 rings (SSSR count). The van der Waals surface area contributed by atoms with Crippen LogP contribution in [0.15, 0.2) is 22.4 Å². The molecule has 2 saturated heterocycles. The molecule has 0 amide bonds. The van der Waals surface area contributed by atoms with Gasteiger partial charge in [0.1, 0.15) is 6.23 Å². The van der Waals surface area contributed by atoms with E-state index in [-0.39, 0.29) is 13.0 Å². The predicted octanol–water partition coefficient (Wildman–Crippen LogP) is 8.33. The molecule has 212 valence electrons. The summed E-state index contributed by atoms with van der Waals surface area (Å²) in [6.45, 7) is 19.0. The fourth-order valence-corrected chi connectivity index (χ4v) is 9.52. The molecule has 4 heteroatoms. The van der Waals surface area contributed by atoms with E-state index in [2.05, 4.69) is 32.6 Å². The van der Waals surface area contributed by atoms with Crippen LogP contribution in [-0.4, -0.2) is 35.5 Å². The van der Waals surface area contributed by atoms with E-state index in [1.807, 2.05) is 27.7 Å². The van der Waals surface area contributed by atoms with Crippen molar-refractivity contribution in [3.05, 3.63) is 22.4 Å². The Morgan fingerprint density at radius 3 is 2.41 bits per heavy atom. The van der Waals surface area contributed by atoms with Gasteiger partial charge >= 0.3 is 0 Å². The molecule has 6 aliphatic rings. The Bertz CT molecular complexity index is 892. The van der Waals surface area contributed by atoms with Crippen LogP contribution in [0.3, 0.4) is 0 Å². The normalized spacial score (nSPS) is 44.3. The highest BCUT2D eigenvalue weighted by Crippen LogP contribution is 2.65. The van der Waals surface area contributed by atoms with Crippen molar-refractivity contribution in [2.45, 2.75) is 138 Å². The van der Waals surface area contributed by atoms with Crippen molar-refractivity contribution in [1.29, 1.82) is 5.41 Å². The van der Waals surface area contributed by atoms with E-state index in [9.17, 15) is 0 Å². The summed E-state index contributed by atoms with van der Waals surface area (Å²) in [5, 5.41) is 7.92. The average molecular weight is 514 g/mol. The van der Waals surface area contributed by atoms with Gasteiger partial charge in [-0.1, -0.05) is 60.1 Å². The van der Waals surface area contributed by atoms with E-state index < -0.39 is 0 Å². The molecule has 4 fully saturated rings. The van der Waals surface area contributed by atoms with Crippen LogP contribution in [-0.2, 0) is 4.74 Å². The Hall–Kier alpha value is -1.13. The highest BCUT2D eigenvalue weighted by molar-refractivity contribution is 5.77.